The topological polar surface area (TPSA) is 61.3 Å². The molecule has 0 saturated carbocycles. The van der Waals surface area contributed by atoms with Crippen LogP contribution in [0.1, 0.15) is 56.8 Å². The van der Waals surface area contributed by atoms with Crippen molar-refractivity contribution in [3.8, 4) is 0 Å². The lowest BCUT2D eigenvalue weighted by atomic mass is 10.1. The van der Waals surface area contributed by atoms with E-state index in [1.165, 1.54) is 12.8 Å². The van der Waals surface area contributed by atoms with E-state index in [2.05, 4.69) is 36.0 Å². The lowest BCUT2D eigenvalue weighted by molar-refractivity contribution is 0.254. The maximum Gasteiger partial charge on any atom is 0.137 e. The molecule has 2 rings (SSSR count). The van der Waals surface area contributed by atoms with Gasteiger partial charge in [-0.1, -0.05) is 26.7 Å². The van der Waals surface area contributed by atoms with Crippen molar-refractivity contribution in [3.63, 3.8) is 0 Å². The zero-order chi connectivity index (χ0) is 15.4. The van der Waals surface area contributed by atoms with E-state index in [4.69, 9.17) is 4.98 Å². The Morgan fingerprint density at radius 2 is 2.05 bits per heavy atom. The molecule has 0 amide bonds. The molecular weight excluding hydrogens is 264 g/mol. The molecule has 5 heteroatoms. The summed E-state index contributed by atoms with van der Waals surface area (Å²) in [6.45, 7) is 7.43. The van der Waals surface area contributed by atoms with Crippen LogP contribution in [0, 0.1) is 6.92 Å². The molecule has 2 heterocycles. The van der Waals surface area contributed by atoms with E-state index in [9.17, 15) is 5.11 Å². The van der Waals surface area contributed by atoms with Gasteiger partial charge in [0.1, 0.15) is 17.5 Å². The van der Waals surface area contributed by atoms with E-state index in [0.717, 1.165) is 42.4 Å². The number of nitrogens with zero attached hydrogens (tertiary/aromatic N) is 3. The zero-order valence-corrected chi connectivity index (χ0v) is 13.7. The molecule has 1 unspecified atom stereocenters. The standard InChI is InChI=1S/C16H28N4O/c1-11(2)14-18-15(17-4)12(3)16(19-14)20-9-7-5-6-8-13(20)10-21/h11,13,21H,5-10H2,1-4H3,(H,17,18,19). The third-order valence-electron chi connectivity index (χ3n) is 4.25. The van der Waals surface area contributed by atoms with Crippen molar-refractivity contribution >= 4 is 11.6 Å². The summed E-state index contributed by atoms with van der Waals surface area (Å²) < 4.78 is 0. The number of nitrogens with one attached hydrogen (secondary N) is 1. The van der Waals surface area contributed by atoms with Crippen molar-refractivity contribution in [2.75, 3.05) is 30.4 Å². The average Bonchev–Trinajstić information content (AvgIpc) is 2.72. The Hall–Kier alpha value is -1.36. The molecule has 1 fully saturated rings. The quantitative estimate of drug-likeness (QED) is 0.893. The van der Waals surface area contributed by atoms with Crippen molar-refractivity contribution < 1.29 is 5.11 Å². The zero-order valence-electron chi connectivity index (χ0n) is 13.7. The van der Waals surface area contributed by atoms with Gasteiger partial charge in [0.25, 0.3) is 0 Å². The molecule has 0 aromatic carbocycles. The summed E-state index contributed by atoms with van der Waals surface area (Å²) in [6.07, 6.45) is 4.60. The Bertz CT molecular complexity index is 476. The van der Waals surface area contributed by atoms with Gasteiger partial charge >= 0.3 is 0 Å². The Morgan fingerprint density at radius 1 is 1.29 bits per heavy atom. The first-order valence-corrected chi connectivity index (χ1v) is 8.02. The molecule has 0 aliphatic carbocycles. The van der Waals surface area contributed by atoms with Crippen LogP contribution in [0.15, 0.2) is 0 Å². The summed E-state index contributed by atoms with van der Waals surface area (Å²) in [6, 6.07) is 0.172. The summed E-state index contributed by atoms with van der Waals surface area (Å²) in [5, 5.41) is 12.9. The number of aliphatic hydroxyl groups excluding tert-OH is 1. The first kappa shape index (κ1) is 16.0. The molecule has 5 nitrogen and oxygen atoms in total. The Balaban J connectivity index is 2.46. The highest BCUT2D eigenvalue weighted by Gasteiger charge is 2.25. The normalized spacial score (nSPS) is 19.7. The van der Waals surface area contributed by atoms with Crippen LogP contribution >= 0.6 is 0 Å². The first-order valence-electron chi connectivity index (χ1n) is 8.02. The number of aromatic nitrogens is 2. The van der Waals surface area contributed by atoms with E-state index in [0.29, 0.717) is 0 Å². The van der Waals surface area contributed by atoms with E-state index in [1.807, 2.05) is 7.05 Å². The fourth-order valence-electron chi connectivity index (χ4n) is 2.95. The fourth-order valence-corrected chi connectivity index (χ4v) is 2.95. The molecule has 1 atom stereocenters. The number of hydrogen-bond donors (Lipinski definition) is 2. The molecule has 0 spiro atoms. The molecule has 1 aliphatic rings. The fraction of sp³-hybridized carbons (Fsp3) is 0.750. The summed E-state index contributed by atoms with van der Waals surface area (Å²) >= 11 is 0. The number of hydrogen-bond acceptors (Lipinski definition) is 5. The highest BCUT2D eigenvalue weighted by molar-refractivity contribution is 5.59. The van der Waals surface area contributed by atoms with Crippen molar-refractivity contribution in [2.24, 2.45) is 0 Å². The second-order valence-corrected chi connectivity index (χ2v) is 6.16. The number of rotatable bonds is 4. The van der Waals surface area contributed by atoms with Crippen LogP contribution in [-0.4, -0.2) is 41.3 Å². The van der Waals surface area contributed by atoms with Gasteiger partial charge in [-0.05, 0) is 19.8 Å². The van der Waals surface area contributed by atoms with Gasteiger partial charge in [-0.2, -0.15) is 0 Å². The summed E-state index contributed by atoms with van der Waals surface area (Å²) in [4.78, 5) is 11.7. The highest BCUT2D eigenvalue weighted by Crippen LogP contribution is 2.30. The van der Waals surface area contributed by atoms with Crippen LogP contribution in [0.25, 0.3) is 0 Å². The minimum absolute atomic E-state index is 0.172. The summed E-state index contributed by atoms with van der Waals surface area (Å²) in [5.41, 5.74) is 1.07. The van der Waals surface area contributed by atoms with Gasteiger partial charge in [0, 0.05) is 25.1 Å². The largest absolute Gasteiger partial charge is 0.394 e. The van der Waals surface area contributed by atoms with Crippen LogP contribution in [0.5, 0.6) is 0 Å². The molecule has 21 heavy (non-hydrogen) atoms. The molecule has 0 bridgehead atoms. The Labute approximate surface area is 127 Å². The molecule has 2 N–H and O–H groups in total. The van der Waals surface area contributed by atoms with Gasteiger partial charge in [-0.3, -0.25) is 0 Å². The van der Waals surface area contributed by atoms with Gasteiger partial charge < -0.3 is 15.3 Å². The predicted molar refractivity (Wildman–Crippen MR) is 87.1 cm³/mol. The smallest absolute Gasteiger partial charge is 0.137 e. The molecule has 1 aromatic rings. The van der Waals surface area contributed by atoms with Gasteiger partial charge in [0.15, 0.2) is 0 Å². The SMILES string of the molecule is CNc1nc(C(C)C)nc(N2CCCCCC2CO)c1C. The van der Waals surface area contributed by atoms with E-state index in [1.54, 1.807) is 0 Å². The van der Waals surface area contributed by atoms with Crippen molar-refractivity contribution in [2.45, 2.75) is 58.4 Å². The van der Waals surface area contributed by atoms with Crippen LogP contribution in [-0.2, 0) is 0 Å². The van der Waals surface area contributed by atoms with Gasteiger partial charge in [0.05, 0.1) is 12.6 Å². The average molecular weight is 292 g/mol. The number of anilines is 2. The van der Waals surface area contributed by atoms with Crippen LogP contribution in [0.4, 0.5) is 11.6 Å². The van der Waals surface area contributed by atoms with Crippen LogP contribution < -0.4 is 10.2 Å². The second-order valence-electron chi connectivity index (χ2n) is 6.16. The molecular formula is C16H28N4O. The van der Waals surface area contributed by atoms with Crippen molar-refractivity contribution in [3.05, 3.63) is 11.4 Å². The van der Waals surface area contributed by atoms with E-state index >= 15 is 0 Å². The maximum absolute atomic E-state index is 9.74. The number of aliphatic hydroxyl groups is 1. The van der Waals surface area contributed by atoms with Crippen LogP contribution in [0.3, 0.4) is 0 Å². The summed E-state index contributed by atoms with van der Waals surface area (Å²) in [7, 11) is 1.90. The molecule has 0 radical (unpaired) electrons. The Kier molecular flexibility index (Phi) is 5.39. The van der Waals surface area contributed by atoms with E-state index < -0.39 is 0 Å². The highest BCUT2D eigenvalue weighted by atomic mass is 16.3. The van der Waals surface area contributed by atoms with Gasteiger partial charge in [0.2, 0.25) is 0 Å². The maximum atomic E-state index is 9.74. The molecule has 1 aromatic heterocycles. The second kappa shape index (κ2) is 7.07. The minimum Gasteiger partial charge on any atom is -0.394 e. The van der Waals surface area contributed by atoms with Crippen LogP contribution in [0.2, 0.25) is 0 Å². The molecule has 1 saturated heterocycles. The lowest BCUT2D eigenvalue weighted by Crippen LogP contribution is -2.39. The lowest BCUT2D eigenvalue weighted by Gasteiger charge is -2.31. The van der Waals surface area contributed by atoms with E-state index in [-0.39, 0.29) is 18.6 Å². The Morgan fingerprint density at radius 3 is 2.67 bits per heavy atom. The third kappa shape index (κ3) is 3.46. The van der Waals surface area contributed by atoms with Crippen molar-refractivity contribution in [1.82, 2.24) is 9.97 Å². The van der Waals surface area contributed by atoms with Crippen molar-refractivity contribution in [1.29, 1.82) is 0 Å². The third-order valence-corrected chi connectivity index (χ3v) is 4.25. The monoisotopic (exact) mass is 292 g/mol. The summed E-state index contributed by atoms with van der Waals surface area (Å²) in [5.74, 6) is 3.03. The first-order chi connectivity index (χ1) is 10.1. The minimum atomic E-state index is 0.172. The molecule has 1 aliphatic heterocycles. The predicted octanol–water partition coefficient (Wildman–Crippen LogP) is 2.69. The van der Waals surface area contributed by atoms with Gasteiger partial charge in [-0.15, -0.1) is 0 Å². The molecule has 118 valence electrons. The van der Waals surface area contributed by atoms with Gasteiger partial charge in [-0.25, -0.2) is 9.97 Å².